The molecule has 1 N–H and O–H groups in total. The first-order valence-corrected chi connectivity index (χ1v) is 5.03. The van der Waals surface area contributed by atoms with Crippen LogP contribution in [-0.4, -0.2) is 11.5 Å². The van der Waals surface area contributed by atoms with Gasteiger partial charge < -0.3 is 5.32 Å². The molecule has 1 aliphatic rings. The largest absolute Gasteiger partial charge is 0.310 e. The topological polar surface area (TPSA) is 24.9 Å². The van der Waals surface area contributed by atoms with Crippen LogP contribution >= 0.6 is 15.9 Å². The maximum atomic E-state index is 13.3. The summed E-state index contributed by atoms with van der Waals surface area (Å²) in [7, 11) is 0. The second-order valence-electron chi connectivity index (χ2n) is 3.23. The zero-order valence-corrected chi connectivity index (χ0v) is 8.86. The minimum Gasteiger partial charge on any atom is -0.310 e. The second kappa shape index (κ2) is 3.35. The second-order valence-corrected chi connectivity index (χ2v) is 4.09. The van der Waals surface area contributed by atoms with Gasteiger partial charge in [0.1, 0.15) is 0 Å². The van der Waals surface area contributed by atoms with Crippen molar-refractivity contribution in [2.75, 3.05) is 6.54 Å². The van der Waals surface area contributed by atoms with Gasteiger partial charge in [-0.1, -0.05) is 0 Å². The molecule has 0 saturated carbocycles. The molecule has 0 amide bonds. The third-order valence-electron chi connectivity index (χ3n) is 2.45. The summed E-state index contributed by atoms with van der Waals surface area (Å²) in [4.78, 5) is 3.69. The summed E-state index contributed by atoms with van der Waals surface area (Å²) in [5, 5.41) is 3.17. The molecule has 2 nitrogen and oxygen atoms in total. The van der Waals surface area contributed by atoms with Crippen LogP contribution < -0.4 is 5.32 Å². The van der Waals surface area contributed by atoms with E-state index in [0.29, 0.717) is 5.56 Å². The maximum Gasteiger partial charge on any atom is 0.217 e. The van der Waals surface area contributed by atoms with Crippen molar-refractivity contribution in [2.45, 2.75) is 19.4 Å². The Labute approximate surface area is 84.7 Å². The van der Waals surface area contributed by atoms with Crippen LogP contribution in [0, 0.1) is 12.9 Å². The lowest BCUT2D eigenvalue weighted by Gasteiger charge is -2.29. The summed E-state index contributed by atoms with van der Waals surface area (Å²) in [5.74, 6) is -0.349. The number of hydrogen-bond acceptors (Lipinski definition) is 2. The predicted octanol–water partition coefficient (Wildman–Crippen LogP) is 2.33. The van der Waals surface area contributed by atoms with Crippen LogP contribution in [0.1, 0.15) is 23.6 Å². The van der Waals surface area contributed by atoms with E-state index in [-0.39, 0.29) is 12.0 Å². The number of rotatable bonds is 1. The molecule has 1 aromatic rings. The van der Waals surface area contributed by atoms with Gasteiger partial charge in [0.15, 0.2) is 0 Å². The summed E-state index contributed by atoms with van der Waals surface area (Å²) < 4.78 is 14.2. The Balaban J connectivity index is 2.46. The molecule has 1 fully saturated rings. The first-order chi connectivity index (χ1) is 6.20. The molecule has 2 rings (SSSR count). The summed E-state index contributed by atoms with van der Waals surface area (Å²) >= 11 is 3.34. The van der Waals surface area contributed by atoms with Gasteiger partial charge in [-0.3, -0.25) is 0 Å². The van der Waals surface area contributed by atoms with Crippen LogP contribution in [0.4, 0.5) is 4.39 Å². The fraction of sp³-hybridized carbons (Fsp3) is 0.444. The third kappa shape index (κ3) is 1.48. The van der Waals surface area contributed by atoms with E-state index in [1.54, 1.807) is 0 Å². The van der Waals surface area contributed by atoms with Gasteiger partial charge in [-0.2, -0.15) is 4.39 Å². The van der Waals surface area contributed by atoms with Gasteiger partial charge in [0.2, 0.25) is 5.95 Å². The Morgan fingerprint density at radius 2 is 2.38 bits per heavy atom. The molecule has 0 radical (unpaired) electrons. The average molecular weight is 245 g/mol. The van der Waals surface area contributed by atoms with E-state index in [9.17, 15) is 4.39 Å². The van der Waals surface area contributed by atoms with Gasteiger partial charge >= 0.3 is 0 Å². The van der Waals surface area contributed by atoms with E-state index >= 15 is 0 Å². The van der Waals surface area contributed by atoms with Crippen molar-refractivity contribution in [3.05, 3.63) is 27.7 Å². The standard InChI is InChI=1S/C9H10BrFN2/c1-5-6(10)4-13-9(11)8(5)7-2-3-12-7/h4,7,12H,2-3H2,1H3/t7-/m0/s1. The molecule has 0 spiro atoms. The lowest BCUT2D eigenvalue weighted by molar-refractivity contribution is 0.364. The summed E-state index contributed by atoms with van der Waals surface area (Å²) in [6.07, 6.45) is 2.50. The molecule has 70 valence electrons. The van der Waals surface area contributed by atoms with Crippen molar-refractivity contribution < 1.29 is 4.39 Å². The quantitative estimate of drug-likeness (QED) is 0.768. The van der Waals surface area contributed by atoms with Crippen molar-refractivity contribution in [3.8, 4) is 0 Å². The van der Waals surface area contributed by atoms with Gasteiger partial charge in [-0.15, -0.1) is 0 Å². The van der Waals surface area contributed by atoms with Crippen LogP contribution in [0.5, 0.6) is 0 Å². The Hall–Kier alpha value is -0.480. The van der Waals surface area contributed by atoms with Crippen molar-refractivity contribution >= 4 is 15.9 Å². The molecule has 13 heavy (non-hydrogen) atoms. The lowest BCUT2D eigenvalue weighted by Crippen LogP contribution is -2.36. The smallest absolute Gasteiger partial charge is 0.217 e. The summed E-state index contributed by atoms with van der Waals surface area (Å²) in [6, 6.07) is 0.157. The van der Waals surface area contributed by atoms with E-state index in [1.807, 2.05) is 6.92 Å². The van der Waals surface area contributed by atoms with Crippen LogP contribution in [0.25, 0.3) is 0 Å². The predicted molar refractivity (Wildman–Crippen MR) is 52.0 cm³/mol. The Bertz CT molecular complexity index is 337. The van der Waals surface area contributed by atoms with Crippen molar-refractivity contribution in [2.24, 2.45) is 0 Å². The minimum absolute atomic E-state index is 0.157. The molecule has 2 heterocycles. The Morgan fingerprint density at radius 1 is 1.69 bits per heavy atom. The monoisotopic (exact) mass is 244 g/mol. The molecule has 1 saturated heterocycles. The molecule has 1 aromatic heterocycles. The Kier molecular flexibility index (Phi) is 2.34. The van der Waals surface area contributed by atoms with E-state index in [4.69, 9.17) is 0 Å². The van der Waals surface area contributed by atoms with E-state index in [0.717, 1.165) is 23.0 Å². The fourth-order valence-corrected chi connectivity index (χ4v) is 1.82. The van der Waals surface area contributed by atoms with Crippen molar-refractivity contribution in [3.63, 3.8) is 0 Å². The molecular formula is C9H10BrFN2. The molecule has 1 aliphatic heterocycles. The highest BCUT2D eigenvalue weighted by atomic mass is 79.9. The van der Waals surface area contributed by atoms with Crippen molar-refractivity contribution in [1.82, 2.24) is 10.3 Å². The summed E-state index contributed by atoms with van der Waals surface area (Å²) in [6.45, 7) is 2.88. The molecule has 0 unspecified atom stereocenters. The Morgan fingerprint density at radius 3 is 2.92 bits per heavy atom. The zero-order chi connectivity index (χ0) is 9.42. The highest BCUT2D eigenvalue weighted by molar-refractivity contribution is 9.10. The average Bonchev–Trinajstić information content (AvgIpc) is 2.02. The van der Waals surface area contributed by atoms with Crippen LogP contribution in [0.3, 0.4) is 0 Å². The van der Waals surface area contributed by atoms with Gasteiger partial charge in [-0.25, -0.2) is 4.98 Å². The molecule has 0 bridgehead atoms. The van der Waals surface area contributed by atoms with E-state index < -0.39 is 0 Å². The first kappa shape index (κ1) is 9.09. The normalized spacial score (nSPS) is 21.3. The molecular weight excluding hydrogens is 235 g/mol. The minimum atomic E-state index is -0.349. The SMILES string of the molecule is Cc1c(Br)cnc(F)c1[C@@H]1CCN1. The number of nitrogens with zero attached hydrogens (tertiary/aromatic N) is 1. The van der Waals surface area contributed by atoms with Gasteiger partial charge in [-0.05, 0) is 41.4 Å². The molecule has 1 atom stereocenters. The van der Waals surface area contributed by atoms with Gasteiger partial charge in [0.05, 0.1) is 0 Å². The molecule has 0 aromatic carbocycles. The van der Waals surface area contributed by atoms with E-state index in [1.165, 1.54) is 6.20 Å². The van der Waals surface area contributed by atoms with Crippen LogP contribution in [0.15, 0.2) is 10.7 Å². The number of aromatic nitrogens is 1. The number of hydrogen-bond donors (Lipinski definition) is 1. The van der Waals surface area contributed by atoms with Gasteiger partial charge in [0, 0.05) is 22.3 Å². The highest BCUT2D eigenvalue weighted by Gasteiger charge is 2.25. The fourth-order valence-electron chi connectivity index (χ4n) is 1.50. The van der Waals surface area contributed by atoms with E-state index in [2.05, 4.69) is 26.2 Å². The first-order valence-electron chi connectivity index (χ1n) is 4.24. The number of halogens is 2. The van der Waals surface area contributed by atoms with Crippen molar-refractivity contribution in [1.29, 1.82) is 0 Å². The maximum absolute atomic E-state index is 13.3. The van der Waals surface area contributed by atoms with Gasteiger partial charge in [0.25, 0.3) is 0 Å². The molecule has 4 heteroatoms. The third-order valence-corrected chi connectivity index (χ3v) is 3.25. The highest BCUT2D eigenvalue weighted by Crippen LogP contribution is 2.30. The summed E-state index contributed by atoms with van der Waals surface area (Å²) in [5.41, 5.74) is 1.66. The lowest BCUT2D eigenvalue weighted by atomic mass is 9.96. The zero-order valence-electron chi connectivity index (χ0n) is 7.27. The number of nitrogens with one attached hydrogen (secondary N) is 1. The number of pyridine rings is 1. The van der Waals surface area contributed by atoms with Crippen LogP contribution in [0.2, 0.25) is 0 Å². The molecule has 0 aliphatic carbocycles. The van der Waals surface area contributed by atoms with Crippen LogP contribution in [-0.2, 0) is 0 Å².